The van der Waals surface area contributed by atoms with Crippen LogP contribution in [0.5, 0.6) is 0 Å². The fraction of sp³-hybridized carbons (Fsp3) is 0.231. The molecule has 0 bridgehead atoms. The van der Waals surface area contributed by atoms with Crippen molar-refractivity contribution >= 4 is 34.8 Å². The molecule has 7 nitrogen and oxygen atoms in total. The maximum atomic E-state index is 14.2. The van der Waals surface area contributed by atoms with Crippen molar-refractivity contribution < 1.29 is 31.5 Å². The molecule has 206 valence electrons. The number of rotatable bonds is 5. The number of nitrogens with one attached hydrogen (secondary N) is 2. The van der Waals surface area contributed by atoms with Gasteiger partial charge in [0.15, 0.2) is 0 Å². The molecule has 2 N–H and O–H groups in total. The number of benzene rings is 2. The van der Waals surface area contributed by atoms with Crippen molar-refractivity contribution in [3.63, 3.8) is 0 Å². The Bertz CT molecular complexity index is 1670. The van der Waals surface area contributed by atoms with E-state index in [0.717, 1.165) is 36.3 Å². The predicted octanol–water partition coefficient (Wildman–Crippen LogP) is 6.25. The van der Waals surface area contributed by atoms with Crippen molar-refractivity contribution in [2.45, 2.75) is 37.1 Å². The van der Waals surface area contributed by atoms with Crippen LogP contribution in [0.15, 0.2) is 48.8 Å². The van der Waals surface area contributed by atoms with Gasteiger partial charge in [0.1, 0.15) is 21.5 Å². The molecule has 14 heteroatoms. The van der Waals surface area contributed by atoms with E-state index in [1.54, 1.807) is 17.1 Å². The number of hydrogen-bond donors (Lipinski definition) is 2. The molecule has 3 heterocycles. The zero-order valence-corrected chi connectivity index (χ0v) is 21.7. The molecule has 1 saturated carbocycles. The van der Waals surface area contributed by atoms with Gasteiger partial charge in [0.25, 0.3) is 11.8 Å². The lowest BCUT2D eigenvalue weighted by atomic mass is 9.92. The predicted molar refractivity (Wildman–Crippen MR) is 135 cm³/mol. The molecule has 2 atom stereocenters. The van der Waals surface area contributed by atoms with Crippen molar-refractivity contribution in [2.24, 2.45) is 0 Å². The first-order valence-corrected chi connectivity index (χ1v) is 13.2. The van der Waals surface area contributed by atoms with Gasteiger partial charge in [-0.05, 0) is 54.8 Å². The third-order valence-corrected chi connectivity index (χ3v) is 8.07. The SMILES string of the molecule is O=C(NC1c2nc(-c3cnn(C4CC4)c3)sc2C(=O)N[C@H]1c1cc(F)ccc1Cl)c1cc(F)cc(C(F)(F)F)c1. The zero-order chi connectivity index (χ0) is 28.3. The third-order valence-electron chi connectivity index (χ3n) is 6.61. The van der Waals surface area contributed by atoms with Gasteiger partial charge < -0.3 is 10.6 Å². The summed E-state index contributed by atoms with van der Waals surface area (Å²) in [5.41, 5.74) is -1.10. The molecular formula is C26H17ClF5N5O2S. The highest BCUT2D eigenvalue weighted by atomic mass is 35.5. The van der Waals surface area contributed by atoms with Gasteiger partial charge in [-0.2, -0.15) is 18.3 Å². The number of carbonyl (C=O) groups is 2. The molecule has 2 aliphatic rings. The Morgan fingerprint density at radius 2 is 1.90 bits per heavy atom. The highest BCUT2D eigenvalue weighted by Gasteiger charge is 2.41. The lowest BCUT2D eigenvalue weighted by molar-refractivity contribution is -0.137. The average molecular weight is 594 g/mol. The van der Waals surface area contributed by atoms with E-state index in [-0.39, 0.29) is 27.2 Å². The van der Waals surface area contributed by atoms with Gasteiger partial charge in [0, 0.05) is 22.3 Å². The van der Waals surface area contributed by atoms with Gasteiger partial charge in [-0.15, -0.1) is 11.3 Å². The standard InChI is InChI=1S/C26H17ClF5N5O2S/c27-18-4-1-14(28)8-17(18)19-20(35-23(38)11-5-13(26(30,31)32)7-15(29)6-11)21-22(24(39)34-19)40-25(36-21)12-9-33-37(10-12)16-2-3-16/h1,4-10,16,19-20H,2-3H2,(H,34,39)(H,35,38)/t19-,20?/m0/s1. The minimum atomic E-state index is -4.89. The summed E-state index contributed by atoms with van der Waals surface area (Å²) in [4.78, 5) is 31.1. The summed E-state index contributed by atoms with van der Waals surface area (Å²) in [7, 11) is 0. The number of thiazole rings is 1. The Morgan fingerprint density at radius 1 is 1.12 bits per heavy atom. The molecule has 1 fully saturated rings. The quantitative estimate of drug-likeness (QED) is 0.268. The summed E-state index contributed by atoms with van der Waals surface area (Å²) in [5, 5.41) is 10.1. The van der Waals surface area contributed by atoms with E-state index in [1.165, 1.54) is 6.07 Å². The Hall–Kier alpha value is -3.84. The van der Waals surface area contributed by atoms with Crippen LogP contribution in [0.1, 0.15) is 67.8 Å². The van der Waals surface area contributed by atoms with E-state index in [2.05, 4.69) is 20.7 Å². The number of carbonyl (C=O) groups excluding carboxylic acids is 2. The number of aromatic nitrogens is 3. The van der Waals surface area contributed by atoms with Crippen LogP contribution in [-0.4, -0.2) is 26.6 Å². The van der Waals surface area contributed by atoms with Crippen molar-refractivity contribution in [3.8, 4) is 10.6 Å². The average Bonchev–Trinajstić information content (AvgIpc) is 3.44. The van der Waals surface area contributed by atoms with Crippen LogP contribution < -0.4 is 10.6 Å². The van der Waals surface area contributed by atoms with E-state index in [9.17, 15) is 31.5 Å². The number of fused-ring (bicyclic) bond motifs is 1. The fourth-order valence-corrected chi connectivity index (χ4v) is 5.76. The van der Waals surface area contributed by atoms with E-state index in [4.69, 9.17) is 11.6 Å². The van der Waals surface area contributed by atoms with E-state index >= 15 is 0 Å². The Balaban J connectivity index is 1.43. The lowest BCUT2D eigenvalue weighted by Gasteiger charge is -2.33. The minimum absolute atomic E-state index is 0.0701. The highest BCUT2D eigenvalue weighted by Crippen LogP contribution is 2.42. The van der Waals surface area contributed by atoms with Gasteiger partial charge in [-0.25, -0.2) is 13.8 Å². The van der Waals surface area contributed by atoms with Crippen molar-refractivity contribution in [1.29, 1.82) is 0 Å². The first-order chi connectivity index (χ1) is 19.0. The number of nitrogens with zero attached hydrogens (tertiary/aromatic N) is 3. The summed E-state index contributed by atoms with van der Waals surface area (Å²) < 4.78 is 69.9. The maximum absolute atomic E-state index is 14.2. The van der Waals surface area contributed by atoms with Gasteiger partial charge in [-0.1, -0.05) is 11.6 Å². The largest absolute Gasteiger partial charge is 0.416 e. The number of halogens is 6. The molecule has 6 rings (SSSR count). The van der Waals surface area contributed by atoms with Gasteiger partial charge in [-0.3, -0.25) is 14.3 Å². The first kappa shape index (κ1) is 26.4. The Morgan fingerprint density at radius 3 is 2.62 bits per heavy atom. The van der Waals surface area contributed by atoms with Crippen molar-refractivity contribution in [1.82, 2.24) is 25.4 Å². The molecule has 1 aliphatic carbocycles. The Kier molecular flexibility index (Phi) is 6.37. The van der Waals surface area contributed by atoms with Crippen LogP contribution in [0.25, 0.3) is 10.6 Å². The maximum Gasteiger partial charge on any atom is 0.416 e. The minimum Gasteiger partial charge on any atom is -0.342 e. The van der Waals surface area contributed by atoms with Gasteiger partial charge in [0.05, 0.1) is 35.6 Å². The lowest BCUT2D eigenvalue weighted by Crippen LogP contribution is -2.45. The second-order valence-corrected chi connectivity index (χ2v) is 10.9. The molecule has 2 aromatic carbocycles. The molecule has 40 heavy (non-hydrogen) atoms. The van der Waals surface area contributed by atoms with Crippen LogP contribution in [-0.2, 0) is 6.18 Å². The molecule has 1 unspecified atom stereocenters. The third kappa shape index (κ3) is 4.94. The molecule has 0 spiro atoms. The van der Waals surface area contributed by atoms with Crippen LogP contribution in [0, 0.1) is 11.6 Å². The summed E-state index contributed by atoms with van der Waals surface area (Å²) in [6.07, 6.45) is 0.492. The smallest absolute Gasteiger partial charge is 0.342 e. The molecule has 0 saturated heterocycles. The molecule has 0 radical (unpaired) electrons. The second kappa shape index (κ2) is 9.66. The van der Waals surface area contributed by atoms with Crippen molar-refractivity contribution in [2.75, 3.05) is 0 Å². The van der Waals surface area contributed by atoms with E-state index in [1.807, 2.05) is 0 Å². The summed E-state index contributed by atoms with van der Waals surface area (Å²) >= 11 is 7.36. The zero-order valence-electron chi connectivity index (χ0n) is 20.1. The topological polar surface area (TPSA) is 88.9 Å². The molecule has 2 amide bonds. The molecular weight excluding hydrogens is 577 g/mol. The second-order valence-electron chi connectivity index (χ2n) is 9.47. The van der Waals surface area contributed by atoms with Gasteiger partial charge in [0.2, 0.25) is 0 Å². The Labute approximate surface area is 232 Å². The van der Waals surface area contributed by atoms with Gasteiger partial charge >= 0.3 is 6.18 Å². The van der Waals surface area contributed by atoms with Crippen LogP contribution >= 0.6 is 22.9 Å². The summed E-state index contributed by atoms with van der Waals surface area (Å²) in [6, 6.07) is 2.87. The molecule has 4 aromatic rings. The number of amides is 2. The molecule has 1 aliphatic heterocycles. The van der Waals surface area contributed by atoms with E-state index in [0.29, 0.717) is 28.7 Å². The van der Waals surface area contributed by atoms with Crippen LogP contribution in [0.3, 0.4) is 0 Å². The van der Waals surface area contributed by atoms with Crippen molar-refractivity contribution in [3.05, 3.63) is 92.7 Å². The number of alkyl halides is 3. The normalized spacial score (nSPS) is 18.8. The summed E-state index contributed by atoms with van der Waals surface area (Å²) in [5.74, 6) is -3.55. The molecule has 2 aromatic heterocycles. The monoisotopic (exact) mass is 593 g/mol. The van der Waals surface area contributed by atoms with Crippen LogP contribution in [0.4, 0.5) is 22.0 Å². The highest BCUT2D eigenvalue weighted by molar-refractivity contribution is 7.17. The van der Waals surface area contributed by atoms with E-state index < -0.39 is 52.8 Å². The number of hydrogen-bond acceptors (Lipinski definition) is 5. The first-order valence-electron chi connectivity index (χ1n) is 12.0. The summed E-state index contributed by atoms with van der Waals surface area (Å²) in [6.45, 7) is 0. The fourth-order valence-electron chi connectivity index (χ4n) is 4.54. The van der Waals surface area contributed by atoms with Crippen LogP contribution in [0.2, 0.25) is 5.02 Å².